The molecule has 2 aromatic carbocycles. The Hall–Kier alpha value is -15.3. The number of benzene rings is 2. The number of halogens is 1. The number of aromatic nitrogens is 19. The highest BCUT2D eigenvalue weighted by Gasteiger charge is 2.27. The van der Waals surface area contributed by atoms with E-state index >= 15 is 0 Å². The van der Waals surface area contributed by atoms with Crippen LogP contribution in [0.25, 0.3) is 129 Å². The van der Waals surface area contributed by atoms with E-state index in [0.717, 1.165) is 230 Å². The molecular formula is C113H120FN25O5. The Kier molecular flexibility index (Phi) is 27.9. The summed E-state index contributed by atoms with van der Waals surface area (Å²) < 4.78 is 30.0. The fourth-order valence-corrected chi connectivity index (χ4v) is 20.4. The lowest BCUT2D eigenvalue weighted by Gasteiger charge is -2.34. The third-order valence-corrected chi connectivity index (χ3v) is 28.8. The molecule has 0 bridgehead atoms. The summed E-state index contributed by atoms with van der Waals surface area (Å²) in [4.78, 5) is 113. The highest BCUT2D eigenvalue weighted by Crippen LogP contribution is 2.35. The van der Waals surface area contributed by atoms with E-state index in [9.17, 15) is 28.4 Å². The lowest BCUT2D eigenvalue weighted by atomic mass is 9.91. The van der Waals surface area contributed by atoms with Gasteiger partial charge in [-0.3, -0.25) is 65.1 Å². The van der Waals surface area contributed by atoms with E-state index in [2.05, 4.69) is 120 Å². The first-order valence-electron chi connectivity index (χ1n) is 50.0. The summed E-state index contributed by atoms with van der Waals surface area (Å²) in [5, 5.41) is 14.0. The Morgan fingerprint density at radius 3 is 1.36 bits per heavy atom. The highest BCUT2D eigenvalue weighted by molar-refractivity contribution is 5.86. The average molecular weight is 1930 g/mol. The standard InChI is InChI=1S/C24H27N5O.C24H25N5O.C23H23N5O.C22H22FN5O.C20H23N5O/c1-16(2)27-10-8-18(9-11-27)21-12-24(30)29-15-20(5-7-23(29)26-21)19-4-6-22-25-17(3)13-28(22)14-19;1-3-10-28-11-8-17(9-12-28)19-5-7-23-26-21(14-24(30)29(23)16-19)18-4-6-22-20(13-18)15-25-27(22)2;1-3-27-10-8-16(9-11-27)18-5-7-22-25-20(13-23(29)28(22)15-18)17-4-6-21-19(12-17)14-24-26(21)2;1-14-11-27-12-17(9-18(23)22(27)24-14)16-3-4-20-25-19(10-21(29)28(20)13-16)15-5-7-26(2)8-6-15;1-24(2)18-5-3-15(12-22-18)17-11-20(26)25-13-16(4-6-19(25)23-17)14-7-9-21-10-8-14/h4-7,12-16,18H,8-11H2,1-3H3;4-8,13-16H,3,9-12H2,1-2H3;4-8,12-15H,3,9-11H2,1-2H3;3-4,9-13,15H,5-8H2,1-2H3;3-6,11-14,21H,7-10H2,1-2H3. The first-order chi connectivity index (χ1) is 69.8. The summed E-state index contributed by atoms with van der Waals surface area (Å²) in [5.74, 6) is 1.68. The number of nitrogens with one attached hydrogen (secondary N) is 1. The molecule has 5 aliphatic rings. The molecule has 0 spiro atoms. The molecule has 31 heteroatoms. The zero-order chi connectivity index (χ0) is 99.7. The molecular weight excluding hydrogens is 1810 g/mol. The van der Waals surface area contributed by atoms with Crippen LogP contribution in [-0.4, -0.2) is 216 Å². The molecule has 22 heterocycles. The topological polar surface area (TPSA) is 283 Å². The van der Waals surface area contributed by atoms with Gasteiger partial charge in [-0.2, -0.15) is 10.2 Å². The molecule has 30 nitrogen and oxygen atoms in total. The molecule has 0 unspecified atom stereocenters. The van der Waals surface area contributed by atoms with Crippen LogP contribution in [0.5, 0.6) is 0 Å². The molecule has 144 heavy (non-hydrogen) atoms. The minimum absolute atomic E-state index is 0.0114. The summed E-state index contributed by atoms with van der Waals surface area (Å²) in [6, 6.07) is 50.0. The lowest BCUT2D eigenvalue weighted by molar-refractivity contribution is 0.171. The number of piperidine rings is 3. The van der Waals surface area contributed by atoms with Crippen molar-refractivity contribution in [2.45, 2.75) is 123 Å². The van der Waals surface area contributed by atoms with Gasteiger partial charge in [-0.05, 0) is 293 Å². The summed E-state index contributed by atoms with van der Waals surface area (Å²) in [6.07, 6.45) is 36.6. The zero-order valence-electron chi connectivity index (χ0n) is 83.4. The number of imidazole rings is 2. The van der Waals surface area contributed by atoms with Gasteiger partial charge in [-0.15, -0.1) is 0 Å². The Balaban J connectivity index is 0.000000110. The van der Waals surface area contributed by atoms with E-state index in [0.29, 0.717) is 80.3 Å². The quantitative estimate of drug-likeness (QED) is 0.0998. The number of likely N-dealkylation sites (tertiary alicyclic amines) is 2. The SMILES string of the molecule is CCCN1CC=C(c2ccc3nc(-c4ccc5c(cnn5C)c4)cc(=O)n3c2)CC1.CCN1CC=C(c2ccc3nc(-c4ccc5c(cnn5C)c4)cc(=O)n3c2)CC1.CN(C)c1ccc(-c2cc(=O)n3cc(C4CCNCC4)ccc3n2)cn1.Cc1cn2cc(-c3ccc4nc(C5CCN(C(C)C)CC5)cc(=O)n4c3)ccc2n1.Cc1cn2cc(-c3ccc4nc(C5CCN(C)CC5)cc(=O)n4c3)cc(F)c2n1. The van der Waals surface area contributed by atoms with Crippen LogP contribution in [0.2, 0.25) is 0 Å². The van der Waals surface area contributed by atoms with Crippen LogP contribution in [0.4, 0.5) is 10.2 Å². The highest BCUT2D eigenvalue weighted by atomic mass is 19.1. The molecule has 24 rings (SSSR count). The van der Waals surface area contributed by atoms with E-state index in [1.54, 1.807) is 70.9 Å². The third kappa shape index (κ3) is 20.9. The third-order valence-electron chi connectivity index (χ3n) is 28.8. The molecule has 0 aliphatic carbocycles. The maximum absolute atomic E-state index is 14.5. The molecule has 3 saturated heterocycles. The Morgan fingerprint density at radius 1 is 0.410 bits per heavy atom. The van der Waals surface area contributed by atoms with Gasteiger partial charge in [-0.1, -0.05) is 44.2 Å². The normalized spacial score (nSPS) is 15.6. The molecule has 734 valence electrons. The van der Waals surface area contributed by atoms with Gasteiger partial charge in [0.05, 0.1) is 63.3 Å². The number of likely N-dealkylation sites (N-methyl/N-ethyl adjacent to an activating group) is 1. The molecule has 3 fully saturated rings. The van der Waals surface area contributed by atoms with Gasteiger partial charge in [0.1, 0.15) is 39.7 Å². The monoisotopic (exact) mass is 1930 g/mol. The van der Waals surface area contributed by atoms with Gasteiger partial charge in [0.25, 0.3) is 27.8 Å². The number of aryl methyl sites for hydroxylation is 4. The number of nitrogens with zero attached hydrogens (tertiary/aromatic N) is 24. The van der Waals surface area contributed by atoms with Crippen molar-refractivity contribution < 1.29 is 4.39 Å². The van der Waals surface area contributed by atoms with E-state index in [1.807, 2.05) is 220 Å². The van der Waals surface area contributed by atoms with Crippen LogP contribution in [-0.2, 0) is 14.1 Å². The van der Waals surface area contributed by atoms with Gasteiger partial charge in [0.2, 0.25) is 0 Å². The van der Waals surface area contributed by atoms with E-state index in [-0.39, 0.29) is 27.8 Å². The first kappa shape index (κ1) is 96.2. The van der Waals surface area contributed by atoms with Crippen LogP contribution in [0.3, 0.4) is 0 Å². The maximum Gasteiger partial charge on any atom is 0.258 e. The van der Waals surface area contributed by atoms with E-state index in [4.69, 9.17) is 19.9 Å². The molecule has 5 aliphatic heterocycles. The van der Waals surface area contributed by atoms with Crippen LogP contribution in [0.15, 0.2) is 268 Å². The van der Waals surface area contributed by atoms with Crippen LogP contribution < -0.4 is 38.0 Å². The number of fused-ring (bicyclic) bond motifs is 9. The van der Waals surface area contributed by atoms with E-state index in [1.165, 1.54) is 33.6 Å². The number of hydrogen-bond donors (Lipinski definition) is 1. The van der Waals surface area contributed by atoms with Crippen molar-refractivity contribution >= 4 is 78.3 Å². The zero-order valence-corrected chi connectivity index (χ0v) is 83.4. The average Bonchev–Trinajstić information content (AvgIpc) is 1.32. The molecule has 1 N–H and O–H groups in total. The summed E-state index contributed by atoms with van der Waals surface area (Å²) in [7, 11) is 9.85. The predicted molar refractivity (Wildman–Crippen MR) is 569 cm³/mol. The van der Waals surface area contributed by atoms with Crippen molar-refractivity contribution in [1.82, 2.24) is 115 Å². The summed E-state index contributed by atoms with van der Waals surface area (Å²) in [6.45, 7) is 25.2. The fraction of sp³-hybridized carbons (Fsp3) is 0.319. The molecule has 0 saturated carbocycles. The Bertz CT molecular complexity index is 8450. The van der Waals surface area contributed by atoms with E-state index < -0.39 is 5.82 Å². The Morgan fingerprint density at radius 2 is 0.854 bits per heavy atom. The second kappa shape index (κ2) is 41.7. The van der Waals surface area contributed by atoms with Gasteiger partial charge in [0, 0.05) is 209 Å². The van der Waals surface area contributed by atoms with Crippen LogP contribution >= 0.6 is 0 Å². The predicted octanol–water partition coefficient (Wildman–Crippen LogP) is 16.6. The van der Waals surface area contributed by atoms with Crippen molar-refractivity contribution in [2.75, 3.05) is 105 Å². The van der Waals surface area contributed by atoms with Crippen molar-refractivity contribution in [2.24, 2.45) is 14.1 Å². The molecule has 0 amide bonds. The smallest absolute Gasteiger partial charge is 0.258 e. The lowest BCUT2D eigenvalue weighted by Crippen LogP contribution is -2.38. The fourth-order valence-electron chi connectivity index (χ4n) is 20.4. The van der Waals surface area contributed by atoms with Crippen LogP contribution in [0, 0.1) is 19.7 Å². The van der Waals surface area contributed by atoms with Crippen molar-refractivity contribution in [3.8, 4) is 56.0 Å². The minimum atomic E-state index is -0.390. The molecule has 0 atom stereocenters. The Labute approximate surface area is 832 Å². The largest absolute Gasteiger partial charge is 0.363 e. The molecule has 19 aromatic rings. The van der Waals surface area contributed by atoms with Gasteiger partial charge in [0.15, 0.2) is 11.5 Å². The maximum atomic E-state index is 14.5. The number of hydrogen-bond acceptors (Lipinski definition) is 21. The van der Waals surface area contributed by atoms with Gasteiger partial charge >= 0.3 is 0 Å². The van der Waals surface area contributed by atoms with Crippen molar-refractivity contribution in [1.29, 1.82) is 0 Å². The summed E-state index contributed by atoms with van der Waals surface area (Å²) in [5.41, 5.74) is 24.1. The number of rotatable bonds is 15. The van der Waals surface area contributed by atoms with Crippen molar-refractivity contribution in [3.05, 3.63) is 341 Å². The second-order valence-corrected chi connectivity index (χ2v) is 39.0. The number of pyridine rings is 8. The molecule has 17 aromatic heterocycles. The first-order valence-corrected chi connectivity index (χ1v) is 50.0. The van der Waals surface area contributed by atoms with Crippen LogP contribution in [0.1, 0.15) is 143 Å². The van der Waals surface area contributed by atoms with Crippen molar-refractivity contribution in [3.63, 3.8) is 0 Å². The van der Waals surface area contributed by atoms with Gasteiger partial charge in [-0.25, -0.2) is 44.3 Å². The summed E-state index contributed by atoms with van der Waals surface area (Å²) >= 11 is 0. The number of anilines is 1. The van der Waals surface area contributed by atoms with Gasteiger partial charge < -0.3 is 28.8 Å². The second-order valence-electron chi connectivity index (χ2n) is 39.0. The minimum Gasteiger partial charge on any atom is -0.363 e. The molecule has 0 radical (unpaired) electrons.